The molecule has 4 heteroatoms. The Morgan fingerprint density at radius 2 is 1.70 bits per heavy atom. The average molecular weight is 299 g/mol. The van der Waals surface area contributed by atoms with E-state index in [1.54, 1.807) is 6.20 Å². The van der Waals surface area contributed by atoms with Crippen molar-refractivity contribution in [2.24, 2.45) is 0 Å². The summed E-state index contributed by atoms with van der Waals surface area (Å²) in [6.07, 6.45) is 1.74. The topological polar surface area (TPSA) is 45.2 Å². The lowest BCUT2D eigenvalue weighted by atomic mass is 9.91. The number of benzene rings is 2. The van der Waals surface area contributed by atoms with Crippen molar-refractivity contribution in [2.45, 2.75) is 5.66 Å². The maximum Gasteiger partial charge on any atom is 0.261 e. The second-order valence-electron chi connectivity index (χ2n) is 5.76. The molecule has 4 nitrogen and oxygen atoms in total. The molecule has 0 saturated carbocycles. The maximum absolute atomic E-state index is 13.1. The van der Waals surface area contributed by atoms with Crippen molar-refractivity contribution >= 4 is 17.4 Å². The minimum atomic E-state index is -0.717. The lowest BCUT2D eigenvalue weighted by Gasteiger charge is -2.33. The van der Waals surface area contributed by atoms with Gasteiger partial charge in [0.15, 0.2) is 11.5 Å². The van der Waals surface area contributed by atoms with Crippen LogP contribution in [0.4, 0.5) is 11.5 Å². The van der Waals surface area contributed by atoms with Gasteiger partial charge in [-0.15, -0.1) is 0 Å². The summed E-state index contributed by atoms with van der Waals surface area (Å²) in [6, 6.07) is 21.6. The molecule has 2 aromatic carbocycles. The molecule has 23 heavy (non-hydrogen) atoms. The Morgan fingerprint density at radius 1 is 0.913 bits per heavy atom. The van der Waals surface area contributed by atoms with Crippen LogP contribution >= 0.6 is 0 Å². The Balaban J connectivity index is 1.87. The lowest BCUT2D eigenvalue weighted by Crippen LogP contribution is -2.46. The summed E-state index contributed by atoms with van der Waals surface area (Å²) in [5.41, 5.74) is 2.83. The predicted molar refractivity (Wildman–Crippen MR) is 88.3 cm³/mol. The minimum absolute atomic E-state index is 0.00343. The number of nitrogens with zero attached hydrogens (tertiary/aromatic N) is 2. The van der Waals surface area contributed by atoms with Crippen LogP contribution in [0.3, 0.4) is 0 Å². The third kappa shape index (κ3) is 1.40. The number of amides is 1. The fraction of sp³-hybridized carbons (Fsp3) is 0.0526. The van der Waals surface area contributed by atoms with E-state index in [1.165, 1.54) is 0 Å². The molecular formula is C19H13N3O. The summed E-state index contributed by atoms with van der Waals surface area (Å²) in [5, 5.41) is 3.51. The highest BCUT2D eigenvalue weighted by molar-refractivity contribution is 6.16. The van der Waals surface area contributed by atoms with E-state index in [-0.39, 0.29) is 5.91 Å². The minimum Gasteiger partial charge on any atom is -0.338 e. The number of hydrogen-bond acceptors (Lipinski definition) is 3. The van der Waals surface area contributed by atoms with Crippen LogP contribution in [0.1, 0.15) is 21.5 Å². The molecule has 0 bridgehead atoms. The molecule has 1 unspecified atom stereocenters. The molecule has 1 atom stereocenters. The summed E-state index contributed by atoms with van der Waals surface area (Å²) < 4.78 is 0. The number of fused-ring (bicyclic) bond motifs is 5. The number of anilines is 2. The van der Waals surface area contributed by atoms with Crippen molar-refractivity contribution in [1.29, 1.82) is 0 Å². The van der Waals surface area contributed by atoms with E-state index in [1.807, 2.05) is 71.6 Å². The first-order chi connectivity index (χ1) is 11.3. The molecule has 3 aromatic rings. The highest BCUT2D eigenvalue weighted by atomic mass is 16.2. The predicted octanol–water partition coefficient (Wildman–Crippen LogP) is 3.37. The second kappa shape index (κ2) is 4.20. The van der Waals surface area contributed by atoms with E-state index in [0.29, 0.717) is 0 Å². The SMILES string of the molecule is O=C1c2ccccc2C2(c3ccccc3)Nc3ncccc3N12. The van der Waals surface area contributed by atoms with E-state index in [9.17, 15) is 4.79 Å². The maximum atomic E-state index is 13.1. The van der Waals surface area contributed by atoms with Crippen LogP contribution in [0.5, 0.6) is 0 Å². The fourth-order valence-electron chi connectivity index (χ4n) is 3.67. The zero-order valence-electron chi connectivity index (χ0n) is 12.2. The normalized spacial score (nSPS) is 20.7. The van der Waals surface area contributed by atoms with Crippen molar-refractivity contribution in [2.75, 3.05) is 10.2 Å². The van der Waals surface area contributed by atoms with E-state index in [4.69, 9.17) is 0 Å². The van der Waals surface area contributed by atoms with Crippen molar-refractivity contribution in [3.8, 4) is 0 Å². The standard InChI is InChI=1S/C19H13N3O/c23-18-14-9-4-5-10-15(14)19(13-7-2-1-3-8-13)21-17-16(22(18)19)11-6-12-20-17/h1-12H,(H,20,21). The number of carbonyl (C=O) groups excluding carboxylic acids is 1. The zero-order chi connectivity index (χ0) is 15.4. The van der Waals surface area contributed by atoms with Gasteiger partial charge in [0.05, 0.1) is 5.69 Å². The summed E-state index contributed by atoms with van der Waals surface area (Å²) in [5.74, 6) is 0.739. The van der Waals surface area contributed by atoms with Gasteiger partial charge in [-0.1, -0.05) is 48.5 Å². The lowest BCUT2D eigenvalue weighted by molar-refractivity contribution is 0.0988. The number of rotatable bonds is 1. The number of aromatic nitrogens is 1. The summed E-state index contributed by atoms with van der Waals surface area (Å²) >= 11 is 0. The van der Waals surface area contributed by atoms with Gasteiger partial charge >= 0.3 is 0 Å². The number of carbonyl (C=O) groups is 1. The molecule has 0 spiro atoms. The van der Waals surface area contributed by atoms with E-state index < -0.39 is 5.66 Å². The van der Waals surface area contributed by atoms with Crippen LogP contribution in [0.2, 0.25) is 0 Å². The zero-order valence-corrected chi connectivity index (χ0v) is 12.2. The number of hydrogen-bond donors (Lipinski definition) is 1. The van der Waals surface area contributed by atoms with Gasteiger partial charge < -0.3 is 5.32 Å². The highest BCUT2D eigenvalue weighted by Crippen LogP contribution is 2.52. The molecule has 0 radical (unpaired) electrons. The van der Waals surface area contributed by atoms with Crippen LogP contribution in [-0.4, -0.2) is 10.9 Å². The van der Waals surface area contributed by atoms with Gasteiger partial charge in [-0.2, -0.15) is 0 Å². The molecule has 3 heterocycles. The Kier molecular flexibility index (Phi) is 2.26. The van der Waals surface area contributed by atoms with Gasteiger partial charge in [-0.05, 0) is 18.2 Å². The largest absolute Gasteiger partial charge is 0.338 e. The summed E-state index contributed by atoms with van der Waals surface area (Å²) in [4.78, 5) is 19.3. The van der Waals surface area contributed by atoms with Crippen molar-refractivity contribution in [3.05, 3.63) is 89.6 Å². The smallest absolute Gasteiger partial charge is 0.261 e. The van der Waals surface area contributed by atoms with Gasteiger partial charge in [0.25, 0.3) is 5.91 Å². The van der Waals surface area contributed by atoms with Crippen molar-refractivity contribution in [1.82, 2.24) is 4.98 Å². The molecule has 1 amide bonds. The second-order valence-corrected chi connectivity index (χ2v) is 5.76. The molecular weight excluding hydrogens is 286 g/mol. The summed E-state index contributed by atoms with van der Waals surface area (Å²) in [6.45, 7) is 0. The first kappa shape index (κ1) is 12.4. The van der Waals surface area contributed by atoms with Gasteiger partial charge in [0.1, 0.15) is 0 Å². The Hall–Kier alpha value is -3.14. The molecule has 0 aliphatic carbocycles. The first-order valence-electron chi connectivity index (χ1n) is 7.55. The van der Waals surface area contributed by atoms with Crippen LogP contribution in [0.25, 0.3) is 0 Å². The first-order valence-corrected chi connectivity index (χ1v) is 7.55. The van der Waals surface area contributed by atoms with Crippen LogP contribution < -0.4 is 10.2 Å². The molecule has 2 aliphatic rings. The van der Waals surface area contributed by atoms with Gasteiger partial charge in [0, 0.05) is 22.9 Å². The van der Waals surface area contributed by atoms with Gasteiger partial charge in [-0.3, -0.25) is 9.69 Å². The monoisotopic (exact) mass is 299 g/mol. The van der Waals surface area contributed by atoms with Crippen LogP contribution in [-0.2, 0) is 5.66 Å². The Morgan fingerprint density at radius 3 is 2.57 bits per heavy atom. The Bertz CT molecular complexity index is 938. The molecule has 0 saturated heterocycles. The van der Waals surface area contributed by atoms with Crippen LogP contribution in [0.15, 0.2) is 72.9 Å². The molecule has 5 rings (SSSR count). The quantitative estimate of drug-likeness (QED) is 0.749. The summed E-state index contributed by atoms with van der Waals surface area (Å²) in [7, 11) is 0. The fourth-order valence-corrected chi connectivity index (χ4v) is 3.67. The Labute approximate surface area is 133 Å². The highest BCUT2D eigenvalue weighted by Gasteiger charge is 2.56. The van der Waals surface area contributed by atoms with Crippen molar-refractivity contribution < 1.29 is 4.79 Å². The molecule has 1 aromatic heterocycles. The molecule has 1 N–H and O–H groups in total. The van der Waals surface area contributed by atoms with Crippen molar-refractivity contribution in [3.63, 3.8) is 0 Å². The third-order valence-corrected chi connectivity index (χ3v) is 4.60. The van der Waals surface area contributed by atoms with Gasteiger partial charge in [0.2, 0.25) is 0 Å². The molecule has 110 valence electrons. The average Bonchev–Trinajstić information content (AvgIpc) is 3.09. The molecule has 2 aliphatic heterocycles. The van der Waals surface area contributed by atoms with Gasteiger partial charge in [-0.25, -0.2) is 4.98 Å². The third-order valence-electron chi connectivity index (χ3n) is 4.60. The number of nitrogens with one attached hydrogen (secondary N) is 1. The van der Waals surface area contributed by atoms with E-state index >= 15 is 0 Å². The van der Waals surface area contributed by atoms with E-state index in [2.05, 4.69) is 10.3 Å². The molecule has 0 fully saturated rings. The van der Waals surface area contributed by atoms with Crippen LogP contribution in [0, 0.1) is 0 Å². The number of pyridine rings is 1. The van der Waals surface area contributed by atoms with E-state index in [0.717, 1.165) is 28.2 Å².